The summed E-state index contributed by atoms with van der Waals surface area (Å²) in [5.74, 6) is 0.956. The Bertz CT molecular complexity index is 203. The summed E-state index contributed by atoms with van der Waals surface area (Å²) >= 11 is 0. The van der Waals surface area contributed by atoms with Gasteiger partial charge in [-0.3, -0.25) is 10.9 Å². The van der Waals surface area contributed by atoms with Crippen molar-refractivity contribution in [2.24, 2.45) is 5.10 Å². The number of hydrazine groups is 1. The molecule has 2 N–H and O–H groups in total. The Labute approximate surface area is 52.5 Å². The van der Waals surface area contributed by atoms with E-state index in [0.29, 0.717) is 0 Å². The average molecular weight is 122 g/mol. The van der Waals surface area contributed by atoms with Crippen molar-refractivity contribution in [2.75, 3.05) is 0 Å². The van der Waals surface area contributed by atoms with Gasteiger partial charge in [-0.25, -0.2) is 5.01 Å². The van der Waals surface area contributed by atoms with Crippen molar-refractivity contribution in [3.63, 3.8) is 0 Å². The molecule has 46 valence electrons. The van der Waals surface area contributed by atoms with Gasteiger partial charge in [0.05, 0.1) is 0 Å². The van der Waals surface area contributed by atoms with Gasteiger partial charge in [-0.1, -0.05) is 0 Å². The number of nitrogens with one attached hydrogen (secondary N) is 2. The van der Waals surface area contributed by atoms with Gasteiger partial charge < -0.3 is 0 Å². The van der Waals surface area contributed by atoms with Crippen molar-refractivity contribution in [3.8, 4) is 0 Å². The number of rotatable bonds is 0. The summed E-state index contributed by atoms with van der Waals surface area (Å²) in [5.41, 5.74) is 5.75. The highest BCUT2D eigenvalue weighted by Crippen LogP contribution is 2.03. The van der Waals surface area contributed by atoms with Crippen molar-refractivity contribution >= 4 is 6.34 Å². The number of fused-ring (bicyclic) bond motifs is 1. The van der Waals surface area contributed by atoms with E-state index in [4.69, 9.17) is 0 Å². The van der Waals surface area contributed by atoms with Gasteiger partial charge in [-0.2, -0.15) is 5.10 Å². The minimum atomic E-state index is 0.956. The van der Waals surface area contributed by atoms with Crippen LogP contribution in [0.1, 0.15) is 0 Å². The van der Waals surface area contributed by atoms with Gasteiger partial charge in [-0.15, -0.1) is 0 Å². The lowest BCUT2D eigenvalue weighted by Gasteiger charge is -2.17. The predicted octanol–water partition coefficient (Wildman–Crippen LogP) is -0.292. The van der Waals surface area contributed by atoms with Crippen LogP contribution in [0.2, 0.25) is 0 Å². The van der Waals surface area contributed by atoms with Crippen LogP contribution in [0.3, 0.4) is 0 Å². The number of hydrazone groups is 1. The van der Waals surface area contributed by atoms with Gasteiger partial charge in [0.2, 0.25) is 0 Å². The second-order valence-corrected chi connectivity index (χ2v) is 1.77. The summed E-state index contributed by atoms with van der Waals surface area (Å²) in [6.45, 7) is 0. The second-order valence-electron chi connectivity index (χ2n) is 1.77. The van der Waals surface area contributed by atoms with E-state index >= 15 is 0 Å². The highest BCUT2D eigenvalue weighted by atomic mass is 15.6. The van der Waals surface area contributed by atoms with E-state index in [9.17, 15) is 0 Å². The molecule has 4 heteroatoms. The molecule has 0 spiro atoms. The molecule has 0 radical (unpaired) electrons. The molecule has 2 aliphatic rings. The van der Waals surface area contributed by atoms with E-state index < -0.39 is 0 Å². The monoisotopic (exact) mass is 122 g/mol. The highest BCUT2D eigenvalue weighted by Gasteiger charge is 2.10. The minimum absolute atomic E-state index is 0.956. The molecule has 2 heterocycles. The van der Waals surface area contributed by atoms with Crippen LogP contribution in [0, 0.1) is 0 Å². The third-order valence-electron chi connectivity index (χ3n) is 1.18. The summed E-state index contributed by atoms with van der Waals surface area (Å²) in [6.07, 6.45) is 7.36. The fourth-order valence-corrected chi connectivity index (χ4v) is 0.752. The third-order valence-corrected chi connectivity index (χ3v) is 1.18. The van der Waals surface area contributed by atoms with Crippen LogP contribution in [0.4, 0.5) is 0 Å². The van der Waals surface area contributed by atoms with Gasteiger partial charge in [0.1, 0.15) is 12.2 Å². The van der Waals surface area contributed by atoms with Crippen LogP contribution < -0.4 is 10.9 Å². The first kappa shape index (κ1) is 4.43. The van der Waals surface area contributed by atoms with Crippen molar-refractivity contribution in [1.29, 1.82) is 0 Å². The van der Waals surface area contributed by atoms with E-state index in [0.717, 1.165) is 5.82 Å². The Kier molecular flexibility index (Phi) is 0.745. The van der Waals surface area contributed by atoms with Crippen LogP contribution >= 0.6 is 0 Å². The molecule has 2 rings (SSSR count). The molecule has 0 amide bonds. The van der Waals surface area contributed by atoms with Crippen molar-refractivity contribution in [1.82, 2.24) is 15.9 Å². The maximum atomic E-state index is 3.81. The lowest BCUT2D eigenvalue weighted by Crippen LogP contribution is -2.33. The molecule has 0 aliphatic carbocycles. The smallest absolute Gasteiger partial charge is 0.147 e. The Morgan fingerprint density at radius 2 is 2.56 bits per heavy atom. The molecule has 0 atom stereocenters. The number of hydrogen-bond acceptors (Lipinski definition) is 4. The molecule has 0 saturated heterocycles. The fourth-order valence-electron chi connectivity index (χ4n) is 0.752. The zero-order chi connectivity index (χ0) is 6.10. The summed E-state index contributed by atoms with van der Waals surface area (Å²) in [6, 6.07) is 0. The first-order chi connectivity index (χ1) is 4.47. The predicted molar refractivity (Wildman–Crippen MR) is 33.8 cm³/mol. The first-order valence-corrected chi connectivity index (χ1v) is 2.68. The zero-order valence-corrected chi connectivity index (χ0v) is 4.70. The normalized spacial score (nSPS) is 20.4. The van der Waals surface area contributed by atoms with Crippen molar-refractivity contribution in [2.45, 2.75) is 0 Å². The van der Waals surface area contributed by atoms with E-state index in [1.165, 1.54) is 0 Å². The Hall–Kier alpha value is -1.45. The largest absolute Gasteiger partial charge is 0.299 e. The standard InChI is InChI=1S/C5H6N4/c1-2-5-8-6-4-9(5)7-3-1/h1-4,7-8H. The van der Waals surface area contributed by atoms with Crippen LogP contribution in [0.15, 0.2) is 29.3 Å². The van der Waals surface area contributed by atoms with E-state index in [1.807, 2.05) is 18.4 Å². The third kappa shape index (κ3) is 0.561. The lowest BCUT2D eigenvalue weighted by molar-refractivity contribution is 0.444. The molecule has 0 unspecified atom stereocenters. The summed E-state index contributed by atoms with van der Waals surface area (Å²) in [4.78, 5) is 0. The van der Waals surface area contributed by atoms with Crippen molar-refractivity contribution in [3.05, 3.63) is 24.2 Å². The molecule has 0 aromatic heterocycles. The maximum absolute atomic E-state index is 3.81. The van der Waals surface area contributed by atoms with Crippen LogP contribution in [-0.2, 0) is 0 Å². The first-order valence-electron chi connectivity index (χ1n) is 2.68. The molecule has 0 fully saturated rings. The molecule has 0 aromatic rings. The summed E-state index contributed by atoms with van der Waals surface area (Å²) in [7, 11) is 0. The molecule has 4 nitrogen and oxygen atoms in total. The number of nitrogens with zero attached hydrogens (tertiary/aromatic N) is 2. The van der Waals surface area contributed by atoms with Crippen LogP contribution in [0.25, 0.3) is 0 Å². The van der Waals surface area contributed by atoms with Gasteiger partial charge in [-0.05, 0) is 12.2 Å². The molecule has 0 saturated carbocycles. The van der Waals surface area contributed by atoms with Crippen LogP contribution in [-0.4, -0.2) is 11.3 Å². The van der Waals surface area contributed by atoms with E-state index in [-0.39, 0.29) is 0 Å². The summed E-state index contributed by atoms with van der Waals surface area (Å²) in [5, 5.41) is 5.60. The molecule has 0 aromatic carbocycles. The lowest BCUT2D eigenvalue weighted by atomic mass is 10.5. The molecular weight excluding hydrogens is 116 g/mol. The van der Waals surface area contributed by atoms with Crippen molar-refractivity contribution < 1.29 is 0 Å². The Morgan fingerprint density at radius 3 is 3.44 bits per heavy atom. The maximum Gasteiger partial charge on any atom is 0.147 e. The van der Waals surface area contributed by atoms with Gasteiger partial charge >= 0.3 is 0 Å². The van der Waals surface area contributed by atoms with Gasteiger partial charge in [0.25, 0.3) is 0 Å². The quantitative estimate of drug-likeness (QED) is 0.463. The van der Waals surface area contributed by atoms with E-state index in [1.54, 1.807) is 11.3 Å². The second kappa shape index (κ2) is 1.51. The average Bonchev–Trinajstić information content (AvgIpc) is 2.33. The zero-order valence-electron chi connectivity index (χ0n) is 4.70. The van der Waals surface area contributed by atoms with Gasteiger partial charge in [0.15, 0.2) is 0 Å². The van der Waals surface area contributed by atoms with E-state index in [2.05, 4.69) is 16.0 Å². The fraction of sp³-hybridized carbons (Fsp3) is 0. The Balaban J connectivity index is 2.29. The minimum Gasteiger partial charge on any atom is -0.299 e. The molecule has 2 aliphatic heterocycles. The molecule has 0 bridgehead atoms. The van der Waals surface area contributed by atoms with Gasteiger partial charge in [0, 0.05) is 6.20 Å². The highest BCUT2D eigenvalue weighted by molar-refractivity contribution is 5.60. The molecular formula is C5H6N4. The number of hydrogen-bond donors (Lipinski definition) is 2. The SMILES string of the molecule is C1=CNN2C=NNC2=C1. The summed E-state index contributed by atoms with van der Waals surface area (Å²) < 4.78 is 0. The number of allylic oxidation sites excluding steroid dienone is 2. The Morgan fingerprint density at radius 1 is 1.56 bits per heavy atom. The topological polar surface area (TPSA) is 39.7 Å². The van der Waals surface area contributed by atoms with Crippen LogP contribution in [0.5, 0.6) is 0 Å². The molecule has 9 heavy (non-hydrogen) atoms.